The summed E-state index contributed by atoms with van der Waals surface area (Å²) in [5.41, 5.74) is 1.18. The minimum atomic E-state index is 0.693. The number of ether oxygens (including phenoxy) is 1. The molecule has 2 rings (SSSR count). The van der Waals surface area contributed by atoms with E-state index in [0.29, 0.717) is 5.92 Å². The number of thiazole rings is 1. The summed E-state index contributed by atoms with van der Waals surface area (Å²) in [5, 5.41) is 6.86. The molecule has 1 N–H and O–H groups in total. The maximum atomic E-state index is 5.45. The summed E-state index contributed by atoms with van der Waals surface area (Å²) in [7, 11) is 0. The van der Waals surface area contributed by atoms with E-state index in [1.807, 2.05) is 0 Å². The average molecular weight is 240 g/mol. The van der Waals surface area contributed by atoms with Crippen molar-refractivity contribution in [3.8, 4) is 0 Å². The van der Waals surface area contributed by atoms with Gasteiger partial charge < -0.3 is 10.1 Å². The standard InChI is InChI=1S/C12H20N2OS/c1-2-12-14-11(9-16-12)7-13-6-10-4-3-5-15-8-10/h9-10,13H,2-8H2,1H3. The summed E-state index contributed by atoms with van der Waals surface area (Å²) in [6.07, 6.45) is 3.55. The van der Waals surface area contributed by atoms with Gasteiger partial charge in [0.05, 0.1) is 17.3 Å². The molecule has 3 nitrogen and oxygen atoms in total. The first-order valence-corrected chi connectivity index (χ1v) is 6.98. The molecule has 0 saturated carbocycles. The predicted molar refractivity (Wildman–Crippen MR) is 66.7 cm³/mol. The maximum Gasteiger partial charge on any atom is 0.0926 e. The summed E-state index contributed by atoms with van der Waals surface area (Å²) in [5.74, 6) is 0.693. The first-order valence-electron chi connectivity index (χ1n) is 6.10. The van der Waals surface area contributed by atoms with E-state index in [-0.39, 0.29) is 0 Å². The Balaban J connectivity index is 1.66. The molecular weight excluding hydrogens is 220 g/mol. The number of nitrogens with zero attached hydrogens (tertiary/aromatic N) is 1. The SMILES string of the molecule is CCc1nc(CNCC2CCCOC2)cs1. The summed E-state index contributed by atoms with van der Waals surface area (Å²) in [6, 6.07) is 0. The predicted octanol–water partition coefficient (Wildman–Crippen LogP) is 2.22. The zero-order valence-electron chi connectivity index (χ0n) is 9.87. The first kappa shape index (κ1) is 12.0. The second-order valence-electron chi connectivity index (χ2n) is 4.30. The van der Waals surface area contributed by atoms with Crippen LogP contribution in [0.25, 0.3) is 0 Å². The van der Waals surface area contributed by atoms with Crippen LogP contribution in [0.2, 0.25) is 0 Å². The van der Waals surface area contributed by atoms with Crippen LogP contribution < -0.4 is 5.32 Å². The van der Waals surface area contributed by atoms with Crippen LogP contribution in [0.4, 0.5) is 0 Å². The minimum absolute atomic E-state index is 0.693. The summed E-state index contributed by atoms with van der Waals surface area (Å²) in [4.78, 5) is 4.54. The fourth-order valence-electron chi connectivity index (χ4n) is 1.97. The van der Waals surface area contributed by atoms with Gasteiger partial charge in [0.1, 0.15) is 0 Å². The van der Waals surface area contributed by atoms with Crippen LogP contribution in [0.15, 0.2) is 5.38 Å². The van der Waals surface area contributed by atoms with Crippen molar-refractivity contribution in [2.75, 3.05) is 19.8 Å². The van der Waals surface area contributed by atoms with E-state index in [1.165, 1.54) is 23.5 Å². The van der Waals surface area contributed by atoms with Crippen LogP contribution in [0.3, 0.4) is 0 Å². The number of aromatic nitrogens is 1. The molecule has 0 spiro atoms. The van der Waals surface area contributed by atoms with Gasteiger partial charge in [-0.3, -0.25) is 0 Å². The molecule has 0 aromatic carbocycles. The van der Waals surface area contributed by atoms with Crippen molar-refractivity contribution in [1.82, 2.24) is 10.3 Å². The van der Waals surface area contributed by atoms with E-state index in [9.17, 15) is 0 Å². The molecule has 0 bridgehead atoms. The van der Waals surface area contributed by atoms with Gasteiger partial charge in [0.2, 0.25) is 0 Å². The lowest BCUT2D eigenvalue weighted by atomic mass is 10.0. The van der Waals surface area contributed by atoms with Crippen molar-refractivity contribution in [2.24, 2.45) is 5.92 Å². The normalized spacial score (nSPS) is 21.2. The molecule has 1 unspecified atom stereocenters. The highest BCUT2D eigenvalue weighted by Gasteiger charge is 2.13. The van der Waals surface area contributed by atoms with Crippen molar-refractivity contribution in [1.29, 1.82) is 0 Å². The quantitative estimate of drug-likeness (QED) is 0.857. The van der Waals surface area contributed by atoms with E-state index in [1.54, 1.807) is 11.3 Å². The van der Waals surface area contributed by atoms with Gasteiger partial charge in [-0.15, -0.1) is 11.3 Å². The van der Waals surface area contributed by atoms with Crippen LogP contribution in [-0.2, 0) is 17.7 Å². The summed E-state index contributed by atoms with van der Waals surface area (Å²) >= 11 is 1.76. The van der Waals surface area contributed by atoms with Crippen molar-refractivity contribution in [3.63, 3.8) is 0 Å². The lowest BCUT2D eigenvalue weighted by Gasteiger charge is -2.22. The molecule has 1 aliphatic heterocycles. The molecule has 1 aromatic heterocycles. The summed E-state index contributed by atoms with van der Waals surface area (Å²) in [6.45, 7) is 5.97. The summed E-state index contributed by atoms with van der Waals surface area (Å²) < 4.78 is 5.45. The number of hydrogen-bond donors (Lipinski definition) is 1. The minimum Gasteiger partial charge on any atom is -0.381 e. The lowest BCUT2D eigenvalue weighted by Crippen LogP contribution is -2.28. The van der Waals surface area contributed by atoms with E-state index in [2.05, 4.69) is 22.6 Å². The Kier molecular flexibility index (Phi) is 4.75. The van der Waals surface area contributed by atoms with Crippen LogP contribution in [0.5, 0.6) is 0 Å². The van der Waals surface area contributed by atoms with E-state index in [0.717, 1.165) is 32.7 Å². The topological polar surface area (TPSA) is 34.2 Å². The number of rotatable bonds is 5. The molecule has 16 heavy (non-hydrogen) atoms. The number of nitrogens with one attached hydrogen (secondary N) is 1. The zero-order chi connectivity index (χ0) is 11.2. The van der Waals surface area contributed by atoms with Crippen LogP contribution in [0.1, 0.15) is 30.5 Å². The molecule has 1 saturated heterocycles. The highest BCUT2D eigenvalue weighted by atomic mass is 32.1. The molecule has 1 aliphatic rings. The van der Waals surface area contributed by atoms with Crippen LogP contribution in [0, 0.1) is 5.92 Å². The maximum absolute atomic E-state index is 5.45. The monoisotopic (exact) mass is 240 g/mol. The molecule has 1 aromatic rings. The Hall–Kier alpha value is -0.450. The smallest absolute Gasteiger partial charge is 0.0926 e. The second-order valence-corrected chi connectivity index (χ2v) is 5.24. The van der Waals surface area contributed by atoms with Crippen molar-refractivity contribution >= 4 is 11.3 Å². The van der Waals surface area contributed by atoms with Crippen molar-refractivity contribution in [2.45, 2.75) is 32.7 Å². The zero-order valence-corrected chi connectivity index (χ0v) is 10.7. The van der Waals surface area contributed by atoms with Gasteiger partial charge in [0.15, 0.2) is 0 Å². The molecule has 4 heteroatoms. The van der Waals surface area contributed by atoms with Gasteiger partial charge in [-0.2, -0.15) is 0 Å². The van der Waals surface area contributed by atoms with Gasteiger partial charge in [0.25, 0.3) is 0 Å². The Morgan fingerprint density at radius 3 is 3.25 bits per heavy atom. The van der Waals surface area contributed by atoms with E-state index in [4.69, 9.17) is 4.74 Å². The lowest BCUT2D eigenvalue weighted by molar-refractivity contribution is 0.0547. The van der Waals surface area contributed by atoms with E-state index < -0.39 is 0 Å². The molecule has 0 radical (unpaired) electrons. The van der Waals surface area contributed by atoms with Gasteiger partial charge in [-0.25, -0.2) is 4.98 Å². The molecule has 90 valence electrons. The fraction of sp³-hybridized carbons (Fsp3) is 0.750. The largest absolute Gasteiger partial charge is 0.381 e. The highest BCUT2D eigenvalue weighted by Crippen LogP contribution is 2.13. The first-order chi connectivity index (χ1) is 7.88. The van der Waals surface area contributed by atoms with Crippen LogP contribution >= 0.6 is 11.3 Å². The molecule has 1 atom stereocenters. The van der Waals surface area contributed by atoms with Crippen LogP contribution in [-0.4, -0.2) is 24.7 Å². The van der Waals surface area contributed by atoms with Crippen molar-refractivity contribution in [3.05, 3.63) is 16.1 Å². The number of aryl methyl sites for hydroxylation is 1. The third-order valence-corrected chi connectivity index (χ3v) is 3.94. The second kappa shape index (κ2) is 6.33. The highest BCUT2D eigenvalue weighted by molar-refractivity contribution is 7.09. The van der Waals surface area contributed by atoms with Crippen molar-refractivity contribution < 1.29 is 4.74 Å². The van der Waals surface area contributed by atoms with Gasteiger partial charge >= 0.3 is 0 Å². The molecule has 0 amide bonds. The molecular formula is C12H20N2OS. The number of hydrogen-bond acceptors (Lipinski definition) is 4. The average Bonchev–Trinajstić information content (AvgIpc) is 2.78. The Morgan fingerprint density at radius 2 is 2.56 bits per heavy atom. The third kappa shape index (κ3) is 3.54. The Bertz CT molecular complexity index is 308. The molecule has 1 fully saturated rings. The third-order valence-electron chi connectivity index (χ3n) is 2.90. The Morgan fingerprint density at radius 1 is 1.62 bits per heavy atom. The fourth-order valence-corrected chi connectivity index (χ4v) is 2.71. The Labute approximate surface area is 101 Å². The van der Waals surface area contributed by atoms with Gasteiger partial charge in [0, 0.05) is 25.1 Å². The van der Waals surface area contributed by atoms with E-state index >= 15 is 0 Å². The molecule has 2 heterocycles. The molecule has 0 aliphatic carbocycles. The van der Waals surface area contributed by atoms with Gasteiger partial charge in [-0.1, -0.05) is 6.92 Å². The van der Waals surface area contributed by atoms with Gasteiger partial charge in [-0.05, 0) is 25.2 Å².